The van der Waals surface area contributed by atoms with Crippen LogP contribution in [0.2, 0.25) is 0 Å². The maximum Gasteiger partial charge on any atom is 0.308 e. The number of phenols is 1. The number of imide groups is 1. The molecule has 1 N–H and O–H groups in total. The lowest BCUT2D eigenvalue weighted by atomic mass is 9.71. The van der Waals surface area contributed by atoms with Gasteiger partial charge in [0.15, 0.2) is 23.0 Å². The second kappa shape index (κ2) is 12.1. The monoisotopic (exact) mass is 745 g/mol. The first-order valence-electron chi connectivity index (χ1n) is 17.8. The van der Waals surface area contributed by atoms with Gasteiger partial charge in [-0.1, -0.05) is 18.2 Å². The zero-order chi connectivity index (χ0) is 38.8. The summed E-state index contributed by atoms with van der Waals surface area (Å²) >= 11 is 0. The zero-order valence-electron chi connectivity index (χ0n) is 30.5. The lowest BCUT2D eigenvalue weighted by Gasteiger charge is -2.60. The number of nitro groups is 1. The summed E-state index contributed by atoms with van der Waals surface area (Å²) in [4.78, 5) is 58.3. The molecule has 9 rings (SSSR count). The summed E-state index contributed by atoms with van der Waals surface area (Å²) in [5.41, 5.74) is 3.78. The molecule has 0 aromatic heterocycles. The average Bonchev–Trinajstić information content (AvgIpc) is 3.64. The van der Waals surface area contributed by atoms with Crippen molar-refractivity contribution in [2.45, 2.75) is 63.8 Å². The van der Waals surface area contributed by atoms with E-state index in [0.717, 1.165) is 16.0 Å². The van der Waals surface area contributed by atoms with Crippen molar-refractivity contribution < 1.29 is 43.4 Å². The van der Waals surface area contributed by atoms with Crippen molar-refractivity contribution in [1.82, 2.24) is 14.7 Å². The molecule has 0 saturated carbocycles. The lowest BCUT2D eigenvalue weighted by molar-refractivity contribution is -0.384. The first-order chi connectivity index (χ1) is 26.4. The van der Waals surface area contributed by atoms with Crippen LogP contribution in [-0.4, -0.2) is 88.1 Å². The number of hydrogen-bond acceptors (Lipinski definition) is 13. The molecule has 1 fully saturated rings. The number of piperazine rings is 1. The second-order valence-corrected chi connectivity index (χ2v) is 14.7. The van der Waals surface area contributed by atoms with Gasteiger partial charge >= 0.3 is 5.97 Å². The Morgan fingerprint density at radius 2 is 1.80 bits per heavy atom. The summed E-state index contributed by atoms with van der Waals surface area (Å²) in [5.74, 6) is -0.652. The van der Waals surface area contributed by atoms with Crippen LogP contribution in [-0.2, 0) is 17.6 Å². The molecule has 5 aliphatic heterocycles. The van der Waals surface area contributed by atoms with E-state index < -0.39 is 46.9 Å². The summed E-state index contributed by atoms with van der Waals surface area (Å²) in [6.45, 7) is 4.46. The Balaban J connectivity index is 1.29. The van der Waals surface area contributed by atoms with Gasteiger partial charge < -0.3 is 24.1 Å². The van der Waals surface area contributed by atoms with Crippen molar-refractivity contribution in [3.8, 4) is 34.8 Å². The van der Waals surface area contributed by atoms with Gasteiger partial charge in [-0.25, -0.2) is 0 Å². The van der Waals surface area contributed by atoms with Gasteiger partial charge in [0.05, 0.1) is 35.7 Å². The molecule has 4 aromatic rings. The van der Waals surface area contributed by atoms with E-state index in [1.165, 1.54) is 26.2 Å². The van der Waals surface area contributed by atoms with Crippen molar-refractivity contribution in [1.29, 1.82) is 5.26 Å². The third-order valence-corrected chi connectivity index (χ3v) is 12.0. The second-order valence-electron chi connectivity index (χ2n) is 14.7. The molecule has 280 valence electrons. The molecule has 5 heterocycles. The number of amides is 2. The number of carbonyl (C=O) groups excluding carboxylic acids is 3. The predicted octanol–water partition coefficient (Wildman–Crippen LogP) is 4.80. The quantitative estimate of drug-likeness (QED) is 0.0967. The number of likely N-dealkylation sites (N-methyl/N-ethyl adjacent to an activating group) is 1. The highest BCUT2D eigenvalue weighted by atomic mass is 16.7. The summed E-state index contributed by atoms with van der Waals surface area (Å²) < 4.78 is 23.7. The molecule has 4 aromatic carbocycles. The number of benzene rings is 4. The molecule has 2 bridgehead atoms. The Bertz CT molecular complexity index is 2490. The molecule has 0 radical (unpaired) electrons. The van der Waals surface area contributed by atoms with E-state index in [9.17, 15) is 34.9 Å². The molecular formula is C40H35N5O10. The fourth-order valence-corrected chi connectivity index (χ4v) is 9.88. The zero-order valence-corrected chi connectivity index (χ0v) is 30.5. The van der Waals surface area contributed by atoms with Crippen LogP contribution < -0.4 is 18.9 Å². The van der Waals surface area contributed by atoms with Crippen molar-refractivity contribution in [2.24, 2.45) is 0 Å². The fraction of sp³-hybridized carbons (Fsp3) is 0.350. The normalized spacial score (nSPS) is 23.5. The minimum atomic E-state index is -0.925. The van der Waals surface area contributed by atoms with Gasteiger partial charge in [0, 0.05) is 70.9 Å². The van der Waals surface area contributed by atoms with Crippen LogP contribution in [0.5, 0.6) is 28.7 Å². The molecule has 0 unspecified atom stereocenters. The van der Waals surface area contributed by atoms with Gasteiger partial charge in [-0.05, 0) is 56.3 Å². The number of non-ortho nitro benzene ring substituents is 1. The highest BCUT2D eigenvalue weighted by Gasteiger charge is 2.57. The molecule has 2 amide bonds. The van der Waals surface area contributed by atoms with E-state index in [0.29, 0.717) is 56.7 Å². The smallest absolute Gasteiger partial charge is 0.308 e. The Kier molecular flexibility index (Phi) is 7.62. The number of hydrogen-bond donors (Lipinski definition) is 1. The van der Waals surface area contributed by atoms with Crippen LogP contribution in [0.1, 0.15) is 73.1 Å². The Morgan fingerprint density at radius 1 is 1.05 bits per heavy atom. The van der Waals surface area contributed by atoms with E-state index in [2.05, 4.69) is 11.0 Å². The highest BCUT2D eigenvalue weighted by molar-refractivity contribution is 6.25. The predicted molar refractivity (Wildman–Crippen MR) is 193 cm³/mol. The van der Waals surface area contributed by atoms with Gasteiger partial charge in [0.1, 0.15) is 11.8 Å². The molecular weight excluding hydrogens is 710 g/mol. The van der Waals surface area contributed by atoms with E-state index in [-0.39, 0.29) is 54.1 Å². The SMILES string of the molecule is COc1c(C)cc2c(c1O)[C@@H]1[C@@H]3Cc4c(OC(C)=O)c(C)c5c(c4[C@H](CN4C(=O)c6cccc7cc([N+](=O)[O-])cc(c67)C4=O)N3[C@@H](C#N)[C@H](C2)N1C)OCO5. The molecule has 5 aliphatic rings. The average molecular weight is 746 g/mol. The first-order valence-corrected chi connectivity index (χ1v) is 17.8. The van der Waals surface area contributed by atoms with Gasteiger partial charge in [-0.3, -0.25) is 39.2 Å². The molecule has 55 heavy (non-hydrogen) atoms. The fourth-order valence-electron chi connectivity index (χ4n) is 9.88. The van der Waals surface area contributed by atoms with Crippen LogP contribution in [0.15, 0.2) is 36.4 Å². The van der Waals surface area contributed by atoms with E-state index in [1.54, 1.807) is 25.1 Å². The van der Waals surface area contributed by atoms with E-state index in [1.807, 2.05) is 24.9 Å². The van der Waals surface area contributed by atoms with E-state index >= 15 is 0 Å². The number of ether oxygens (including phenoxy) is 4. The van der Waals surface area contributed by atoms with Crippen LogP contribution in [0, 0.1) is 35.3 Å². The third-order valence-electron chi connectivity index (χ3n) is 12.0. The van der Waals surface area contributed by atoms with Gasteiger partial charge in [-0.2, -0.15) is 5.26 Å². The maximum absolute atomic E-state index is 14.6. The van der Waals surface area contributed by atoms with Crippen LogP contribution in [0.4, 0.5) is 5.69 Å². The number of carbonyl (C=O) groups is 3. The number of esters is 1. The number of rotatable bonds is 5. The molecule has 5 atom stereocenters. The Labute approximate surface area is 314 Å². The summed E-state index contributed by atoms with van der Waals surface area (Å²) in [6.07, 6.45) is 0.629. The van der Waals surface area contributed by atoms with Crippen molar-refractivity contribution >= 4 is 34.2 Å². The number of nitriles is 1. The number of nitrogens with zero attached hydrogens (tertiary/aromatic N) is 5. The maximum atomic E-state index is 14.6. The molecule has 15 heteroatoms. The number of phenolic OH excluding ortho intramolecular Hbond substituents is 1. The van der Waals surface area contributed by atoms with Crippen molar-refractivity contribution in [3.05, 3.63) is 91.0 Å². The number of aryl methyl sites for hydroxylation is 1. The number of fused-ring (bicyclic) bond motifs is 9. The minimum Gasteiger partial charge on any atom is -0.504 e. The minimum absolute atomic E-state index is 0.00898. The van der Waals surface area contributed by atoms with Crippen LogP contribution >= 0.6 is 0 Å². The molecule has 0 spiro atoms. The molecule has 0 aliphatic carbocycles. The highest BCUT2D eigenvalue weighted by Crippen LogP contribution is 2.58. The lowest BCUT2D eigenvalue weighted by Crippen LogP contribution is -2.69. The van der Waals surface area contributed by atoms with Crippen molar-refractivity contribution in [3.63, 3.8) is 0 Å². The van der Waals surface area contributed by atoms with Crippen LogP contribution in [0.25, 0.3) is 10.8 Å². The van der Waals surface area contributed by atoms with Crippen molar-refractivity contribution in [2.75, 3.05) is 27.5 Å². The summed E-state index contributed by atoms with van der Waals surface area (Å²) in [6, 6.07) is 8.66. The van der Waals surface area contributed by atoms with Gasteiger partial charge in [0.25, 0.3) is 17.5 Å². The molecule has 1 saturated heterocycles. The number of methoxy groups -OCH3 is 1. The standard InChI is InChI=1S/C40H35N5O10/c1-17-9-21-11-26-28(14-41)44-27(33(42(26)4)31(21)34(47)35(17)52-5)13-24-32(38-37(53-16-54-38)18(2)36(24)55-19(3)46)29(44)15-43-39(48)23-8-6-7-20-10-22(45(50)51)12-25(30(20)23)40(43)49/h6-10,12,26-29,33,47H,11,13,15-16H2,1-5H3/t26-,27-,28-,29-,33-/m0/s1. The first kappa shape index (κ1) is 34.5. The molecule has 15 nitrogen and oxygen atoms in total. The Hall–Kier alpha value is -6.24. The third kappa shape index (κ3) is 4.71. The number of aromatic hydroxyl groups is 1. The van der Waals surface area contributed by atoms with E-state index in [4.69, 9.17) is 18.9 Å². The van der Waals surface area contributed by atoms with Gasteiger partial charge in [0.2, 0.25) is 6.79 Å². The largest absolute Gasteiger partial charge is 0.504 e. The summed E-state index contributed by atoms with van der Waals surface area (Å²) in [7, 11) is 3.41. The number of nitro benzene ring substituents is 1. The van der Waals surface area contributed by atoms with Crippen LogP contribution in [0.3, 0.4) is 0 Å². The topological polar surface area (TPSA) is 185 Å². The van der Waals surface area contributed by atoms with Gasteiger partial charge in [-0.15, -0.1) is 0 Å². The summed E-state index contributed by atoms with van der Waals surface area (Å²) in [5, 5.41) is 35.6. The Morgan fingerprint density at radius 3 is 2.51 bits per heavy atom.